The summed E-state index contributed by atoms with van der Waals surface area (Å²) in [5.74, 6) is 0.499. The Kier molecular flexibility index (Phi) is 5.37. The summed E-state index contributed by atoms with van der Waals surface area (Å²) in [6.45, 7) is 9.56. The van der Waals surface area contributed by atoms with E-state index in [1.807, 2.05) is 42.2 Å². The zero-order valence-electron chi connectivity index (χ0n) is 13.4. The van der Waals surface area contributed by atoms with Crippen molar-refractivity contribution in [3.63, 3.8) is 0 Å². The minimum Gasteiger partial charge on any atom is -0.380 e. The molecule has 0 aliphatic carbocycles. The molecule has 1 aliphatic heterocycles. The number of nitrogens with one attached hydrogen (secondary N) is 1. The van der Waals surface area contributed by atoms with Gasteiger partial charge in [-0.2, -0.15) is 0 Å². The minimum atomic E-state index is -0.248. The molecule has 1 fully saturated rings. The van der Waals surface area contributed by atoms with Crippen LogP contribution in [0.3, 0.4) is 0 Å². The van der Waals surface area contributed by atoms with Gasteiger partial charge in [-0.1, -0.05) is 44.2 Å². The van der Waals surface area contributed by atoms with Crippen molar-refractivity contribution < 1.29 is 9.53 Å². The van der Waals surface area contributed by atoms with Crippen LogP contribution >= 0.6 is 0 Å². The van der Waals surface area contributed by atoms with Gasteiger partial charge in [0, 0.05) is 6.61 Å². The van der Waals surface area contributed by atoms with Gasteiger partial charge in [0.15, 0.2) is 0 Å². The lowest BCUT2D eigenvalue weighted by Gasteiger charge is -2.32. The molecule has 1 N–H and O–H groups in total. The number of carbonyl (C=O) groups excluding carboxylic acids is 1. The lowest BCUT2D eigenvalue weighted by Crippen LogP contribution is -2.47. The predicted octanol–water partition coefficient (Wildman–Crippen LogP) is 2.57. The average Bonchev–Trinajstić information content (AvgIpc) is 2.83. The standard InChI is InChI=1S/C17H26N2O2/c1-5-21-11-13(4)19-16(12(2)3)18-15(17(19)20)14-9-7-6-8-10-14/h6-10,12-13,15-16,18H,5,11H2,1-4H3. The van der Waals surface area contributed by atoms with Crippen LogP contribution in [0.2, 0.25) is 0 Å². The summed E-state index contributed by atoms with van der Waals surface area (Å²) in [6.07, 6.45) is 0.0539. The quantitative estimate of drug-likeness (QED) is 0.875. The lowest BCUT2D eigenvalue weighted by atomic mass is 10.1. The zero-order valence-corrected chi connectivity index (χ0v) is 13.4. The molecule has 0 radical (unpaired) electrons. The summed E-state index contributed by atoms with van der Waals surface area (Å²) in [5.41, 5.74) is 1.03. The summed E-state index contributed by atoms with van der Waals surface area (Å²) in [7, 11) is 0. The van der Waals surface area contributed by atoms with Crippen LogP contribution in [-0.4, -0.2) is 36.2 Å². The Hall–Kier alpha value is -1.39. The third-order valence-electron chi connectivity index (χ3n) is 3.94. The fourth-order valence-electron chi connectivity index (χ4n) is 2.87. The Labute approximate surface area is 127 Å². The number of carbonyl (C=O) groups is 1. The maximum atomic E-state index is 12.8. The van der Waals surface area contributed by atoms with Crippen molar-refractivity contribution in [2.24, 2.45) is 5.92 Å². The highest BCUT2D eigenvalue weighted by Crippen LogP contribution is 2.29. The molecular formula is C17H26N2O2. The zero-order chi connectivity index (χ0) is 15.4. The number of rotatable bonds is 6. The largest absolute Gasteiger partial charge is 0.380 e. The van der Waals surface area contributed by atoms with Crippen molar-refractivity contribution in [2.45, 2.75) is 45.9 Å². The van der Waals surface area contributed by atoms with Crippen LogP contribution in [0.15, 0.2) is 30.3 Å². The van der Waals surface area contributed by atoms with Crippen LogP contribution in [0, 0.1) is 5.92 Å². The number of hydrogen-bond acceptors (Lipinski definition) is 3. The molecule has 3 unspecified atom stereocenters. The summed E-state index contributed by atoms with van der Waals surface area (Å²) in [4.78, 5) is 14.8. The monoisotopic (exact) mass is 290 g/mol. The first-order valence-electron chi connectivity index (χ1n) is 7.77. The van der Waals surface area contributed by atoms with E-state index < -0.39 is 0 Å². The Morgan fingerprint density at radius 3 is 2.48 bits per heavy atom. The SMILES string of the molecule is CCOCC(C)N1C(=O)C(c2ccccc2)NC1C(C)C. The van der Waals surface area contributed by atoms with Gasteiger partial charge in [0.1, 0.15) is 6.04 Å². The molecule has 1 saturated heterocycles. The molecule has 116 valence electrons. The second kappa shape index (κ2) is 7.05. The molecule has 1 aromatic rings. The van der Waals surface area contributed by atoms with Crippen molar-refractivity contribution in [3.8, 4) is 0 Å². The Balaban J connectivity index is 2.20. The first kappa shape index (κ1) is 16.0. The van der Waals surface area contributed by atoms with Crippen LogP contribution in [-0.2, 0) is 9.53 Å². The van der Waals surface area contributed by atoms with Crippen molar-refractivity contribution in [2.75, 3.05) is 13.2 Å². The van der Waals surface area contributed by atoms with Gasteiger partial charge in [0.2, 0.25) is 5.91 Å². The molecule has 1 heterocycles. The van der Waals surface area contributed by atoms with Gasteiger partial charge in [0.05, 0.1) is 18.8 Å². The van der Waals surface area contributed by atoms with E-state index in [1.165, 1.54) is 0 Å². The second-order valence-electron chi connectivity index (χ2n) is 5.95. The molecule has 1 amide bonds. The van der Waals surface area contributed by atoms with E-state index in [1.54, 1.807) is 0 Å². The van der Waals surface area contributed by atoms with E-state index >= 15 is 0 Å². The fraction of sp³-hybridized carbons (Fsp3) is 0.588. The molecule has 21 heavy (non-hydrogen) atoms. The van der Waals surface area contributed by atoms with Crippen molar-refractivity contribution in [1.29, 1.82) is 0 Å². The third kappa shape index (κ3) is 3.44. The van der Waals surface area contributed by atoms with E-state index in [4.69, 9.17) is 4.74 Å². The van der Waals surface area contributed by atoms with Crippen LogP contribution in [0.4, 0.5) is 0 Å². The van der Waals surface area contributed by atoms with E-state index in [0.717, 1.165) is 5.56 Å². The molecule has 4 heteroatoms. The van der Waals surface area contributed by atoms with Crippen LogP contribution in [0.5, 0.6) is 0 Å². The van der Waals surface area contributed by atoms with Gasteiger partial charge in [0.25, 0.3) is 0 Å². The van der Waals surface area contributed by atoms with Gasteiger partial charge in [-0.25, -0.2) is 0 Å². The van der Waals surface area contributed by atoms with Gasteiger partial charge in [-0.05, 0) is 25.3 Å². The molecular weight excluding hydrogens is 264 g/mol. The highest BCUT2D eigenvalue weighted by atomic mass is 16.5. The molecule has 0 bridgehead atoms. The summed E-state index contributed by atoms with van der Waals surface area (Å²) >= 11 is 0. The lowest BCUT2D eigenvalue weighted by molar-refractivity contribution is -0.134. The summed E-state index contributed by atoms with van der Waals surface area (Å²) in [5, 5.41) is 3.48. The molecule has 2 rings (SSSR count). The molecule has 4 nitrogen and oxygen atoms in total. The third-order valence-corrected chi connectivity index (χ3v) is 3.94. The summed E-state index contributed by atoms with van der Waals surface area (Å²) < 4.78 is 5.50. The Morgan fingerprint density at radius 1 is 1.24 bits per heavy atom. The average molecular weight is 290 g/mol. The molecule has 3 atom stereocenters. The predicted molar refractivity (Wildman–Crippen MR) is 83.7 cm³/mol. The van der Waals surface area contributed by atoms with E-state index in [9.17, 15) is 4.79 Å². The number of ether oxygens (including phenoxy) is 1. The van der Waals surface area contributed by atoms with Crippen molar-refractivity contribution in [1.82, 2.24) is 10.2 Å². The fourth-order valence-corrected chi connectivity index (χ4v) is 2.87. The molecule has 1 aromatic carbocycles. The van der Waals surface area contributed by atoms with E-state index in [-0.39, 0.29) is 24.2 Å². The minimum absolute atomic E-state index is 0.0539. The number of hydrogen-bond donors (Lipinski definition) is 1. The maximum absolute atomic E-state index is 12.8. The van der Waals surface area contributed by atoms with Gasteiger partial charge < -0.3 is 9.64 Å². The van der Waals surface area contributed by atoms with Crippen LogP contribution < -0.4 is 5.32 Å². The Morgan fingerprint density at radius 2 is 1.90 bits per heavy atom. The smallest absolute Gasteiger partial charge is 0.245 e. The van der Waals surface area contributed by atoms with Crippen LogP contribution in [0.25, 0.3) is 0 Å². The van der Waals surface area contributed by atoms with E-state index in [2.05, 4.69) is 26.1 Å². The molecule has 1 aliphatic rings. The number of amides is 1. The van der Waals surface area contributed by atoms with Gasteiger partial charge in [-0.3, -0.25) is 10.1 Å². The molecule has 0 spiro atoms. The van der Waals surface area contributed by atoms with Crippen LogP contribution in [0.1, 0.15) is 39.3 Å². The Bertz CT molecular complexity index is 461. The number of benzene rings is 1. The van der Waals surface area contributed by atoms with Crippen molar-refractivity contribution in [3.05, 3.63) is 35.9 Å². The highest BCUT2D eigenvalue weighted by Gasteiger charge is 2.43. The van der Waals surface area contributed by atoms with E-state index in [0.29, 0.717) is 19.1 Å². The second-order valence-corrected chi connectivity index (χ2v) is 5.95. The highest BCUT2D eigenvalue weighted by molar-refractivity contribution is 5.86. The topological polar surface area (TPSA) is 41.6 Å². The maximum Gasteiger partial charge on any atom is 0.245 e. The normalized spacial score (nSPS) is 23.9. The van der Waals surface area contributed by atoms with Gasteiger partial charge in [-0.15, -0.1) is 0 Å². The number of nitrogens with zero attached hydrogens (tertiary/aromatic N) is 1. The first-order chi connectivity index (χ1) is 10.1. The van der Waals surface area contributed by atoms with Crippen molar-refractivity contribution >= 4 is 5.91 Å². The van der Waals surface area contributed by atoms with Gasteiger partial charge >= 0.3 is 0 Å². The summed E-state index contributed by atoms with van der Waals surface area (Å²) in [6, 6.07) is 9.75. The molecule has 0 aromatic heterocycles. The first-order valence-corrected chi connectivity index (χ1v) is 7.77. The molecule has 0 saturated carbocycles.